The van der Waals surface area contributed by atoms with Gasteiger partial charge in [0.05, 0.1) is 10.2 Å². The minimum atomic E-state index is -0.824. The molecule has 6 heteroatoms. The van der Waals surface area contributed by atoms with Crippen molar-refractivity contribution in [3.63, 3.8) is 0 Å². The SMILES string of the molecule is CC(C)(C)NC(=O)Nc1cc(Br)c(F)cc1F. The minimum Gasteiger partial charge on any atom is -0.333 e. The van der Waals surface area contributed by atoms with Gasteiger partial charge < -0.3 is 10.6 Å². The van der Waals surface area contributed by atoms with Crippen molar-refractivity contribution in [2.24, 2.45) is 0 Å². The van der Waals surface area contributed by atoms with Gasteiger partial charge in [-0.15, -0.1) is 0 Å². The van der Waals surface area contributed by atoms with Crippen LogP contribution >= 0.6 is 15.9 Å². The lowest BCUT2D eigenvalue weighted by Crippen LogP contribution is -2.43. The van der Waals surface area contributed by atoms with Crippen molar-refractivity contribution < 1.29 is 13.6 Å². The van der Waals surface area contributed by atoms with Gasteiger partial charge in [0.15, 0.2) is 0 Å². The third-order valence-corrected chi connectivity index (χ3v) is 2.35. The number of amides is 2. The van der Waals surface area contributed by atoms with Gasteiger partial charge in [-0.2, -0.15) is 0 Å². The first-order valence-corrected chi connectivity index (χ1v) is 5.72. The van der Waals surface area contributed by atoms with Crippen molar-refractivity contribution in [2.45, 2.75) is 26.3 Å². The Kier molecular flexibility index (Phi) is 4.08. The Balaban J connectivity index is 2.82. The summed E-state index contributed by atoms with van der Waals surface area (Å²) in [6.45, 7) is 5.39. The van der Waals surface area contributed by atoms with Crippen LogP contribution in [0.25, 0.3) is 0 Å². The first-order chi connectivity index (χ1) is 7.69. The Morgan fingerprint density at radius 2 is 1.82 bits per heavy atom. The van der Waals surface area contributed by atoms with Crippen LogP contribution < -0.4 is 10.6 Å². The lowest BCUT2D eigenvalue weighted by atomic mass is 10.1. The van der Waals surface area contributed by atoms with Crippen molar-refractivity contribution >= 4 is 27.6 Å². The standard InChI is InChI=1S/C11H13BrF2N2O/c1-11(2,3)16-10(17)15-9-4-6(12)7(13)5-8(9)14/h4-5H,1-3H3,(H2,15,16,17). The minimum absolute atomic E-state index is 0.0833. The number of hydrogen-bond donors (Lipinski definition) is 2. The second-order valence-electron chi connectivity index (χ2n) is 4.58. The molecule has 0 aliphatic rings. The molecule has 0 aromatic heterocycles. The third kappa shape index (κ3) is 4.30. The molecule has 0 bridgehead atoms. The Labute approximate surface area is 107 Å². The summed E-state index contributed by atoms with van der Waals surface area (Å²) in [4.78, 5) is 11.5. The molecule has 1 aromatic rings. The first kappa shape index (κ1) is 13.9. The number of benzene rings is 1. The van der Waals surface area contributed by atoms with E-state index in [2.05, 4.69) is 26.6 Å². The highest BCUT2D eigenvalue weighted by atomic mass is 79.9. The number of anilines is 1. The quantitative estimate of drug-likeness (QED) is 0.764. The third-order valence-electron chi connectivity index (χ3n) is 1.75. The summed E-state index contributed by atoms with van der Waals surface area (Å²) >= 11 is 2.92. The Morgan fingerprint density at radius 3 is 2.35 bits per heavy atom. The molecule has 0 spiro atoms. The van der Waals surface area contributed by atoms with Crippen LogP contribution in [0.2, 0.25) is 0 Å². The fraction of sp³-hybridized carbons (Fsp3) is 0.364. The molecule has 0 atom stereocenters. The maximum Gasteiger partial charge on any atom is 0.319 e. The summed E-state index contributed by atoms with van der Waals surface area (Å²) in [6.07, 6.45) is 0. The van der Waals surface area contributed by atoms with Gasteiger partial charge in [0.25, 0.3) is 0 Å². The smallest absolute Gasteiger partial charge is 0.319 e. The molecule has 3 nitrogen and oxygen atoms in total. The molecule has 0 saturated heterocycles. The number of hydrogen-bond acceptors (Lipinski definition) is 1. The molecule has 2 N–H and O–H groups in total. The van der Waals surface area contributed by atoms with E-state index in [1.165, 1.54) is 6.07 Å². The van der Waals surface area contributed by atoms with Gasteiger partial charge in [0.1, 0.15) is 11.6 Å². The predicted molar refractivity (Wildman–Crippen MR) is 66.0 cm³/mol. The van der Waals surface area contributed by atoms with Crippen LogP contribution in [0.15, 0.2) is 16.6 Å². The lowest BCUT2D eigenvalue weighted by molar-refractivity contribution is 0.243. The van der Waals surface area contributed by atoms with Crippen molar-refractivity contribution in [2.75, 3.05) is 5.32 Å². The van der Waals surface area contributed by atoms with Crippen LogP contribution in [0.4, 0.5) is 19.3 Å². The van der Waals surface area contributed by atoms with Crippen LogP contribution in [0.3, 0.4) is 0 Å². The zero-order valence-corrected chi connectivity index (χ0v) is 11.3. The number of nitrogens with one attached hydrogen (secondary N) is 2. The molecule has 0 unspecified atom stereocenters. The Morgan fingerprint density at radius 1 is 1.24 bits per heavy atom. The molecule has 0 heterocycles. The summed E-state index contributed by atoms with van der Waals surface area (Å²) in [7, 11) is 0. The second kappa shape index (κ2) is 5.00. The van der Waals surface area contributed by atoms with E-state index in [1.54, 1.807) is 20.8 Å². The topological polar surface area (TPSA) is 41.1 Å². The summed E-state index contributed by atoms with van der Waals surface area (Å²) < 4.78 is 26.4. The Bertz CT molecular complexity index is 444. The van der Waals surface area contributed by atoms with Gasteiger partial charge in [-0.05, 0) is 42.8 Å². The van der Waals surface area contributed by atoms with Gasteiger partial charge in [-0.25, -0.2) is 13.6 Å². The zero-order chi connectivity index (χ0) is 13.2. The monoisotopic (exact) mass is 306 g/mol. The van der Waals surface area contributed by atoms with Crippen molar-refractivity contribution in [3.8, 4) is 0 Å². The van der Waals surface area contributed by atoms with E-state index in [0.717, 1.165) is 0 Å². The van der Waals surface area contributed by atoms with Crippen molar-refractivity contribution in [1.29, 1.82) is 0 Å². The summed E-state index contributed by atoms with van der Waals surface area (Å²) in [5.74, 6) is -1.54. The van der Waals surface area contributed by atoms with Crippen LogP contribution in [0.1, 0.15) is 20.8 Å². The largest absolute Gasteiger partial charge is 0.333 e. The van der Waals surface area contributed by atoms with Gasteiger partial charge in [-0.3, -0.25) is 0 Å². The maximum atomic E-state index is 13.3. The van der Waals surface area contributed by atoms with E-state index in [-0.39, 0.29) is 10.2 Å². The molecule has 17 heavy (non-hydrogen) atoms. The molecule has 1 aromatic carbocycles. The molecule has 0 fully saturated rings. The fourth-order valence-corrected chi connectivity index (χ4v) is 1.46. The number of rotatable bonds is 1. The second-order valence-corrected chi connectivity index (χ2v) is 5.43. The molecular weight excluding hydrogens is 294 g/mol. The van der Waals surface area contributed by atoms with E-state index in [0.29, 0.717) is 6.07 Å². The average molecular weight is 307 g/mol. The molecule has 0 aliphatic carbocycles. The van der Waals surface area contributed by atoms with Gasteiger partial charge in [-0.1, -0.05) is 0 Å². The van der Waals surface area contributed by atoms with Crippen LogP contribution in [-0.4, -0.2) is 11.6 Å². The molecule has 0 radical (unpaired) electrons. The molecule has 94 valence electrons. The van der Waals surface area contributed by atoms with Gasteiger partial charge in [0, 0.05) is 11.6 Å². The van der Waals surface area contributed by atoms with E-state index in [4.69, 9.17) is 0 Å². The van der Waals surface area contributed by atoms with Crippen molar-refractivity contribution in [3.05, 3.63) is 28.2 Å². The van der Waals surface area contributed by atoms with Crippen molar-refractivity contribution in [1.82, 2.24) is 5.32 Å². The van der Waals surface area contributed by atoms with E-state index < -0.39 is 23.2 Å². The van der Waals surface area contributed by atoms with E-state index >= 15 is 0 Å². The van der Waals surface area contributed by atoms with E-state index in [1.807, 2.05) is 0 Å². The number of halogens is 3. The first-order valence-electron chi connectivity index (χ1n) is 4.93. The fourth-order valence-electron chi connectivity index (χ4n) is 1.11. The van der Waals surface area contributed by atoms with Crippen LogP contribution in [0.5, 0.6) is 0 Å². The molecular formula is C11H13BrF2N2O. The maximum absolute atomic E-state index is 13.3. The normalized spacial score (nSPS) is 11.2. The zero-order valence-electron chi connectivity index (χ0n) is 9.70. The highest BCUT2D eigenvalue weighted by Crippen LogP contribution is 2.23. The molecule has 0 saturated carbocycles. The highest BCUT2D eigenvalue weighted by Gasteiger charge is 2.16. The van der Waals surface area contributed by atoms with E-state index in [9.17, 15) is 13.6 Å². The molecule has 0 aliphatic heterocycles. The number of carbonyl (C=O) groups is 1. The number of urea groups is 1. The summed E-state index contributed by atoms with van der Waals surface area (Å²) in [5, 5.41) is 4.92. The Hall–Kier alpha value is -1.17. The predicted octanol–water partition coefficient (Wildman–Crippen LogP) is 3.65. The van der Waals surface area contributed by atoms with Crippen LogP contribution in [0, 0.1) is 11.6 Å². The number of carbonyl (C=O) groups excluding carboxylic acids is 1. The lowest BCUT2D eigenvalue weighted by Gasteiger charge is -2.20. The van der Waals surface area contributed by atoms with Gasteiger partial charge in [0.2, 0.25) is 0 Å². The highest BCUT2D eigenvalue weighted by molar-refractivity contribution is 9.10. The van der Waals surface area contributed by atoms with Crippen LogP contribution in [-0.2, 0) is 0 Å². The average Bonchev–Trinajstić information content (AvgIpc) is 2.11. The van der Waals surface area contributed by atoms with Gasteiger partial charge >= 0.3 is 6.03 Å². The summed E-state index contributed by atoms with van der Waals surface area (Å²) in [5.41, 5.74) is -0.516. The summed E-state index contributed by atoms with van der Waals surface area (Å²) in [6, 6.07) is 1.33. The molecule has 1 rings (SSSR count). The molecule has 2 amide bonds.